The van der Waals surface area contributed by atoms with Crippen molar-refractivity contribution in [3.8, 4) is 0 Å². The fourth-order valence-electron chi connectivity index (χ4n) is 2.34. The van der Waals surface area contributed by atoms with Crippen LogP contribution in [-0.2, 0) is 11.2 Å². The Kier molecular flexibility index (Phi) is 4.91. The van der Waals surface area contributed by atoms with E-state index in [0.29, 0.717) is 0 Å². The van der Waals surface area contributed by atoms with Crippen molar-refractivity contribution in [2.45, 2.75) is 43.0 Å². The number of hydrogen-bond acceptors (Lipinski definition) is 1. The third-order valence-electron chi connectivity index (χ3n) is 3.39. The van der Waals surface area contributed by atoms with Gasteiger partial charge in [-0.25, -0.2) is 8.78 Å². The van der Waals surface area contributed by atoms with Gasteiger partial charge >= 0.3 is 0 Å². The Hall–Kier alpha value is -0.970. The molecule has 0 aliphatic heterocycles. The van der Waals surface area contributed by atoms with Gasteiger partial charge in [0.25, 0.3) is 0 Å². The highest BCUT2D eigenvalue weighted by Crippen LogP contribution is 2.24. The van der Waals surface area contributed by atoms with Crippen LogP contribution < -0.4 is 5.32 Å². The predicted octanol–water partition coefficient (Wildman–Crippen LogP) is 3.33. The summed E-state index contributed by atoms with van der Waals surface area (Å²) in [7, 11) is 0. The smallest absolute Gasteiger partial charge is 0.224 e. The summed E-state index contributed by atoms with van der Waals surface area (Å²) in [5.74, 6) is -1.52. The minimum absolute atomic E-state index is 0.0532. The van der Waals surface area contributed by atoms with Crippen LogP contribution in [0.3, 0.4) is 0 Å². The average Bonchev–Trinajstić information content (AvgIpc) is 2.36. The Bertz CT molecular complexity index is 467. The zero-order valence-corrected chi connectivity index (χ0v) is 12.1. The van der Waals surface area contributed by atoms with Crippen LogP contribution in [0, 0.1) is 11.6 Å². The maximum Gasteiger partial charge on any atom is 0.224 e. The van der Waals surface area contributed by atoms with E-state index in [2.05, 4.69) is 21.2 Å². The summed E-state index contributed by atoms with van der Waals surface area (Å²) in [5.41, 5.74) is 0.223. The Balaban J connectivity index is 1.93. The molecule has 5 heteroatoms. The van der Waals surface area contributed by atoms with Crippen molar-refractivity contribution < 1.29 is 13.6 Å². The first kappa shape index (κ1) is 14.4. The molecular formula is C14H16BrF2NO. The van der Waals surface area contributed by atoms with Gasteiger partial charge in [0, 0.05) is 16.9 Å². The number of hydrogen-bond donors (Lipinski definition) is 1. The molecule has 19 heavy (non-hydrogen) atoms. The van der Waals surface area contributed by atoms with Crippen LogP contribution in [-0.4, -0.2) is 16.8 Å². The summed E-state index contributed by atoms with van der Waals surface area (Å²) in [5, 5.41) is 2.91. The fourth-order valence-corrected chi connectivity index (χ4v) is 3.06. The molecule has 1 aromatic rings. The minimum atomic E-state index is -0.672. The van der Waals surface area contributed by atoms with E-state index >= 15 is 0 Å². The zero-order chi connectivity index (χ0) is 13.8. The normalized spacial score (nSPS) is 23.1. The number of nitrogens with one attached hydrogen (secondary N) is 1. The first-order valence-corrected chi connectivity index (χ1v) is 7.35. The van der Waals surface area contributed by atoms with Gasteiger partial charge in [-0.15, -0.1) is 0 Å². The second-order valence-electron chi connectivity index (χ2n) is 4.89. The highest BCUT2D eigenvalue weighted by molar-refractivity contribution is 9.09. The summed E-state index contributed by atoms with van der Waals surface area (Å²) in [6, 6.07) is 3.39. The highest BCUT2D eigenvalue weighted by atomic mass is 79.9. The van der Waals surface area contributed by atoms with Crippen molar-refractivity contribution in [2.75, 3.05) is 0 Å². The zero-order valence-electron chi connectivity index (χ0n) is 10.5. The van der Waals surface area contributed by atoms with E-state index in [1.165, 1.54) is 12.1 Å². The Labute approximate surface area is 119 Å². The molecule has 1 amide bonds. The standard InChI is InChI=1S/C14H16BrF2NO/c15-11-3-1-2-4-13(11)18-14(19)7-9-5-6-10(16)8-12(9)17/h5-6,8,11,13H,1-4,7H2,(H,18,19). The fraction of sp³-hybridized carbons (Fsp3) is 0.500. The number of benzene rings is 1. The molecule has 0 spiro atoms. The van der Waals surface area contributed by atoms with Gasteiger partial charge < -0.3 is 5.32 Å². The van der Waals surface area contributed by atoms with E-state index in [9.17, 15) is 13.6 Å². The SMILES string of the molecule is O=C(Cc1ccc(F)cc1F)NC1CCCCC1Br. The number of alkyl halides is 1. The Morgan fingerprint density at radius 3 is 2.74 bits per heavy atom. The monoisotopic (exact) mass is 331 g/mol. The van der Waals surface area contributed by atoms with Crippen LogP contribution in [0.5, 0.6) is 0 Å². The van der Waals surface area contributed by atoms with Crippen LogP contribution in [0.25, 0.3) is 0 Å². The van der Waals surface area contributed by atoms with Crippen molar-refractivity contribution in [1.29, 1.82) is 0 Å². The van der Waals surface area contributed by atoms with Crippen LogP contribution in [0.15, 0.2) is 18.2 Å². The lowest BCUT2D eigenvalue weighted by Gasteiger charge is -2.28. The van der Waals surface area contributed by atoms with E-state index in [1.54, 1.807) is 0 Å². The molecular weight excluding hydrogens is 316 g/mol. The third kappa shape index (κ3) is 4.00. The van der Waals surface area contributed by atoms with Crippen LogP contribution in [0.4, 0.5) is 8.78 Å². The van der Waals surface area contributed by atoms with E-state index in [0.717, 1.165) is 31.7 Å². The second kappa shape index (κ2) is 6.46. The minimum Gasteiger partial charge on any atom is -0.352 e. The van der Waals surface area contributed by atoms with Crippen molar-refractivity contribution in [3.05, 3.63) is 35.4 Å². The molecule has 0 saturated heterocycles. The first-order chi connectivity index (χ1) is 9.06. The second-order valence-corrected chi connectivity index (χ2v) is 6.06. The van der Waals surface area contributed by atoms with E-state index in [1.807, 2.05) is 0 Å². The van der Waals surface area contributed by atoms with Gasteiger partial charge in [-0.2, -0.15) is 0 Å². The molecule has 2 unspecified atom stereocenters. The lowest BCUT2D eigenvalue weighted by molar-refractivity contribution is -0.121. The molecule has 1 aliphatic carbocycles. The molecule has 1 fully saturated rings. The maximum absolute atomic E-state index is 13.4. The molecule has 2 rings (SSSR count). The topological polar surface area (TPSA) is 29.1 Å². The van der Waals surface area contributed by atoms with Crippen molar-refractivity contribution in [2.24, 2.45) is 0 Å². The molecule has 0 aromatic heterocycles. The molecule has 1 aromatic carbocycles. The molecule has 2 nitrogen and oxygen atoms in total. The maximum atomic E-state index is 13.4. The molecule has 0 heterocycles. The van der Waals surface area contributed by atoms with Crippen LogP contribution in [0.2, 0.25) is 0 Å². The van der Waals surface area contributed by atoms with Gasteiger partial charge in [-0.05, 0) is 24.5 Å². The number of halogens is 3. The van der Waals surface area contributed by atoms with Crippen molar-refractivity contribution >= 4 is 21.8 Å². The quantitative estimate of drug-likeness (QED) is 0.846. The van der Waals surface area contributed by atoms with Crippen molar-refractivity contribution in [3.63, 3.8) is 0 Å². The van der Waals surface area contributed by atoms with Crippen LogP contribution in [0.1, 0.15) is 31.2 Å². The summed E-state index contributed by atoms with van der Waals surface area (Å²) in [6.07, 6.45) is 4.18. The van der Waals surface area contributed by atoms with Gasteiger partial charge in [-0.3, -0.25) is 4.79 Å². The lowest BCUT2D eigenvalue weighted by Crippen LogP contribution is -2.43. The molecule has 0 bridgehead atoms. The summed E-state index contributed by atoms with van der Waals surface area (Å²) >= 11 is 3.55. The average molecular weight is 332 g/mol. The predicted molar refractivity (Wildman–Crippen MR) is 73.2 cm³/mol. The highest BCUT2D eigenvalue weighted by Gasteiger charge is 2.24. The molecule has 1 saturated carbocycles. The lowest BCUT2D eigenvalue weighted by atomic mass is 9.95. The third-order valence-corrected chi connectivity index (χ3v) is 4.49. The summed E-state index contributed by atoms with van der Waals surface area (Å²) < 4.78 is 26.2. The number of amides is 1. The molecule has 0 radical (unpaired) electrons. The van der Waals surface area contributed by atoms with E-state index < -0.39 is 11.6 Å². The van der Waals surface area contributed by atoms with Gasteiger partial charge in [0.2, 0.25) is 5.91 Å². The van der Waals surface area contributed by atoms with Crippen molar-refractivity contribution in [1.82, 2.24) is 5.32 Å². The number of carbonyl (C=O) groups is 1. The Morgan fingerprint density at radius 2 is 2.05 bits per heavy atom. The van der Waals surface area contributed by atoms with E-state index in [-0.39, 0.29) is 28.8 Å². The number of rotatable bonds is 3. The van der Waals surface area contributed by atoms with E-state index in [4.69, 9.17) is 0 Å². The van der Waals surface area contributed by atoms with Crippen LogP contribution >= 0.6 is 15.9 Å². The van der Waals surface area contributed by atoms with Gasteiger partial charge in [0.1, 0.15) is 11.6 Å². The summed E-state index contributed by atoms with van der Waals surface area (Å²) in [4.78, 5) is 12.2. The number of carbonyl (C=O) groups excluding carboxylic acids is 1. The molecule has 1 aliphatic rings. The van der Waals surface area contributed by atoms with Gasteiger partial charge in [-0.1, -0.05) is 34.8 Å². The summed E-state index contributed by atoms with van der Waals surface area (Å²) in [6.45, 7) is 0. The van der Waals surface area contributed by atoms with Gasteiger partial charge in [0.15, 0.2) is 0 Å². The van der Waals surface area contributed by atoms with Gasteiger partial charge in [0.05, 0.1) is 6.42 Å². The first-order valence-electron chi connectivity index (χ1n) is 6.43. The molecule has 1 N–H and O–H groups in total. The molecule has 2 atom stereocenters. The molecule has 104 valence electrons. The largest absolute Gasteiger partial charge is 0.352 e. The Morgan fingerprint density at radius 1 is 1.32 bits per heavy atom.